The molecule has 0 bridgehead atoms. The topological polar surface area (TPSA) is 9.23 Å². The summed E-state index contributed by atoms with van der Waals surface area (Å²) in [6, 6.07) is 10.7. The molecule has 0 amide bonds. The second-order valence-electron chi connectivity index (χ2n) is 4.84. The van der Waals surface area contributed by atoms with Crippen molar-refractivity contribution in [1.82, 2.24) is 0 Å². The fraction of sp³-hybridized carbons (Fsp3) is 0.412. The monoisotopic (exact) mass is 320 g/mol. The minimum absolute atomic E-state index is 0.804. The molecule has 0 aromatic heterocycles. The van der Waals surface area contributed by atoms with Crippen molar-refractivity contribution in [2.45, 2.75) is 39.5 Å². The van der Waals surface area contributed by atoms with Gasteiger partial charge in [-0.2, -0.15) is 0 Å². The number of rotatable bonds is 6. The summed E-state index contributed by atoms with van der Waals surface area (Å²) in [5.74, 6) is 1.08. The number of aryl methyl sites for hydroxylation is 1. The van der Waals surface area contributed by atoms with Crippen LogP contribution in [0.2, 0.25) is 0 Å². The van der Waals surface area contributed by atoms with Crippen LogP contribution in [0.25, 0.3) is 10.8 Å². The van der Waals surface area contributed by atoms with Gasteiger partial charge in [-0.25, -0.2) is 0 Å². The lowest BCUT2D eigenvalue weighted by Gasteiger charge is -2.15. The van der Waals surface area contributed by atoms with Crippen molar-refractivity contribution >= 4 is 26.7 Å². The van der Waals surface area contributed by atoms with Gasteiger partial charge in [0.05, 0.1) is 6.61 Å². The maximum atomic E-state index is 6.08. The first-order valence-electron chi connectivity index (χ1n) is 7.10. The highest BCUT2D eigenvalue weighted by Crippen LogP contribution is 2.36. The Bertz CT molecular complexity index is 548. The molecule has 102 valence electrons. The third-order valence-corrected chi connectivity index (χ3v) is 3.94. The van der Waals surface area contributed by atoms with E-state index in [0.717, 1.165) is 42.5 Å². The molecule has 0 aliphatic carbocycles. The smallest absolute Gasteiger partial charge is 0.130 e. The number of hydrogen-bond acceptors (Lipinski definition) is 1. The normalized spacial score (nSPS) is 10.9. The molecule has 0 heterocycles. The Morgan fingerprint density at radius 1 is 1.05 bits per heavy atom. The van der Waals surface area contributed by atoms with Crippen molar-refractivity contribution in [3.63, 3.8) is 0 Å². The van der Waals surface area contributed by atoms with E-state index in [9.17, 15) is 0 Å². The maximum Gasteiger partial charge on any atom is 0.130 e. The molecule has 2 heteroatoms. The highest BCUT2D eigenvalue weighted by Gasteiger charge is 2.11. The van der Waals surface area contributed by atoms with Gasteiger partial charge in [0, 0.05) is 9.86 Å². The van der Waals surface area contributed by atoms with E-state index in [1.165, 1.54) is 16.3 Å². The average molecular weight is 321 g/mol. The van der Waals surface area contributed by atoms with Crippen LogP contribution < -0.4 is 4.74 Å². The van der Waals surface area contributed by atoms with Gasteiger partial charge in [0.15, 0.2) is 0 Å². The Kier molecular flexibility index (Phi) is 5.26. The zero-order valence-corrected chi connectivity index (χ0v) is 13.3. The van der Waals surface area contributed by atoms with E-state index < -0.39 is 0 Å². The Morgan fingerprint density at radius 3 is 2.47 bits per heavy atom. The quantitative estimate of drug-likeness (QED) is 0.617. The molecule has 1 nitrogen and oxygen atoms in total. The van der Waals surface area contributed by atoms with E-state index in [0.29, 0.717) is 0 Å². The predicted octanol–water partition coefficient (Wildman–Crippen LogP) is 5.73. The van der Waals surface area contributed by atoms with Gasteiger partial charge < -0.3 is 4.74 Å². The number of fused-ring (bicyclic) bond motifs is 1. The zero-order valence-electron chi connectivity index (χ0n) is 11.7. The highest BCUT2D eigenvalue weighted by atomic mass is 79.9. The molecule has 0 atom stereocenters. The van der Waals surface area contributed by atoms with Crippen LogP contribution in [-0.2, 0) is 6.42 Å². The fourth-order valence-corrected chi connectivity index (χ4v) is 2.92. The van der Waals surface area contributed by atoms with Gasteiger partial charge in [-0.15, -0.1) is 0 Å². The van der Waals surface area contributed by atoms with E-state index in [4.69, 9.17) is 4.74 Å². The minimum atomic E-state index is 0.804. The van der Waals surface area contributed by atoms with Crippen molar-refractivity contribution in [3.05, 3.63) is 40.4 Å². The summed E-state index contributed by atoms with van der Waals surface area (Å²) in [5.41, 5.74) is 1.31. The molecule has 2 aromatic carbocycles. The van der Waals surface area contributed by atoms with Crippen molar-refractivity contribution in [3.8, 4) is 5.75 Å². The van der Waals surface area contributed by atoms with Gasteiger partial charge in [0.1, 0.15) is 5.75 Å². The molecule has 0 saturated carbocycles. The Labute approximate surface area is 124 Å². The molecule has 0 N–H and O–H groups in total. The highest BCUT2D eigenvalue weighted by molar-refractivity contribution is 9.10. The van der Waals surface area contributed by atoms with Gasteiger partial charge in [-0.3, -0.25) is 0 Å². The molecule has 0 fully saturated rings. The van der Waals surface area contributed by atoms with Gasteiger partial charge in [-0.05, 0) is 29.9 Å². The Balaban J connectivity index is 2.48. The van der Waals surface area contributed by atoms with Crippen LogP contribution in [0.1, 0.15) is 38.7 Å². The van der Waals surface area contributed by atoms with Crippen LogP contribution in [0.4, 0.5) is 0 Å². The maximum absolute atomic E-state index is 6.08. The van der Waals surface area contributed by atoms with Crippen molar-refractivity contribution in [2.75, 3.05) is 6.61 Å². The van der Waals surface area contributed by atoms with Crippen LogP contribution in [0.15, 0.2) is 34.8 Å². The molecule has 0 aliphatic rings. The number of halogens is 1. The lowest BCUT2D eigenvalue weighted by Crippen LogP contribution is -2.01. The summed E-state index contributed by atoms with van der Waals surface area (Å²) in [6.07, 6.45) is 4.47. The first kappa shape index (κ1) is 14.4. The lowest BCUT2D eigenvalue weighted by atomic mass is 10.0. The van der Waals surface area contributed by atoms with E-state index >= 15 is 0 Å². The third-order valence-electron chi connectivity index (χ3n) is 3.29. The second-order valence-corrected chi connectivity index (χ2v) is 5.70. The number of unbranched alkanes of at least 4 members (excludes halogenated alkanes) is 1. The zero-order chi connectivity index (χ0) is 13.7. The summed E-state index contributed by atoms with van der Waals surface area (Å²) < 4.78 is 7.24. The molecular formula is C17H21BrO. The first-order valence-corrected chi connectivity index (χ1v) is 7.90. The third kappa shape index (κ3) is 3.30. The minimum Gasteiger partial charge on any atom is -0.493 e. The van der Waals surface area contributed by atoms with Crippen LogP contribution in [0.5, 0.6) is 5.75 Å². The molecule has 2 aromatic rings. The summed E-state index contributed by atoms with van der Waals surface area (Å²) in [6.45, 7) is 5.20. The van der Waals surface area contributed by atoms with Gasteiger partial charge >= 0.3 is 0 Å². The van der Waals surface area contributed by atoms with E-state index in [1.54, 1.807) is 0 Å². The second kappa shape index (κ2) is 6.95. The van der Waals surface area contributed by atoms with E-state index in [1.807, 2.05) is 0 Å². The van der Waals surface area contributed by atoms with Crippen LogP contribution in [0.3, 0.4) is 0 Å². The number of hydrogen-bond donors (Lipinski definition) is 0. The van der Waals surface area contributed by atoms with Gasteiger partial charge in [-0.1, -0.05) is 66.9 Å². The Morgan fingerprint density at radius 2 is 1.79 bits per heavy atom. The summed E-state index contributed by atoms with van der Waals surface area (Å²) in [4.78, 5) is 0. The molecule has 0 radical (unpaired) electrons. The average Bonchev–Trinajstić information content (AvgIpc) is 2.43. The van der Waals surface area contributed by atoms with E-state index in [2.05, 4.69) is 60.1 Å². The predicted molar refractivity (Wildman–Crippen MR) is 86.0 cm³/mol. The molecular weight excluding hydrogens is 300 g/mol. The fourth-order valence-electron chi connectivity index (χ4n) is 2.30. The Hall–Kier alpha value is -1.02. The van der Waals surface area contributed by atoms with Crippen molar-refractivity contribution in [2.24, 2.45) is 0 Å². The largest absolute Gasteiger partial charge is 0.493 e. The molecule has 0 unspecified atom stereocenters. The standard InChI is InChI=1S/C17H21BrO/c1-3-5-11-19-17-13(8-4-2)12-16(18)14-9-6-7-10-15(14)17/h6-7,9-10,12H,3-5,8,11H2,1-2H3. The van der Waals surface area contributed by atoms with E-state index in [-0.39, 0.29) is 0 Å². The molecule has 0 spiro atoms. The lowest BCUT2D eigenvalue weighted by molar-refractivity contribution is 0.310. The summed E-state index contributed by atoms with van der Waals surface area (Å²) >= 11 is 3.68. The van der Waals surface area contributed by atoms with Crippen LogP contribution >= 0.6 is 15.9 Å². The number of benzene rings is 2. The van der Waals surface area contributed by atoms with Gasteiger partial charge in [0.2, 0.25) is 0 Å². The summed E-state index contributed by atoms with van der Waals surface area (Å²) in [5, 5.41) is 2.45. The molecule has 2 rings (SSSR count). The molecule has 0 saturated heterocycles. The van der Waals surface area contributed by atoms with Crippen molar-refractivity contribution < 1.29 is 4.74 Å². The number of ether oxygens (including phenoxy) is 1. The first-order chi connectivity index (χ1) is 9.27. The molecule has 0 aliphatic heterocycles. The molecule has 19 heavy (non-hydrogen) atoms. The SMILES string of the molecule is CCCCOc1c(CCC)cc(Br)c2ccccc12. The van der Waals surface area contributed by atoms with Gasteiger partial charge in [0.25, 0.3) is 0 Å². The van der Waals surface area contributed by atoms with Crippen LogP contribution in [0, 0.1) is 0 Å². The van der Waals surface area contributed by atoms with Crippen molar-refractivity contribution in [1.29, 1.82) is 0 Å². The summed E-state index contributed by atoms with van der Waals surface area (Å²) in [7, 11) is 0. The van der Waals surface area contributed by atoms with Crippen LogP contribution in [-0.4, -0.2) is 6.61 Å².